The minimum atomic E-state index is 0. The average Bonchev–Trinajstić information content (AvgIpc) is 2.66. The second kappa shape index (κ2) is 8.95. The van der Waals surface area contributed by atoms with Gasteiger partial charge in [0.05, 0.1) is 0 Å². The summed E-state index contributed by atoms with van der Waals surface area (Å²) in [5, 5.41) is 5.35. The predicted octanol–water partition coefficient (Wildman–Crippen LogP) is 2.22. The molecule has 1 aliphatic rings. The smallest absolute Gasteiger partial charge is 0.147 e. The van der Waals surface area contributed by atoms with Crippen molar-refractivity contribution in [3.05, 3.63) is 29.8 Å². The molecule has 1 aromatic carbocycles. The Morgan fingerprint density at radius 3 is 2.70 bits per heavy atom. The van der Waals surface area contributed by atoms with E-state index in [0.29, 0.717) is 6.42 Å². The van der Waals surface area contributed by atoms with E-state index in [-0.39, 0.29) is 18.2 Å². The van der Waals surface area contributed by atoms with Gasteiger partial charge in [0.25, 0.3) is 0 Å². The fourth-order valence-electron chi connectivity index (χ4n) is 2.10. The van der Waals surface area contributed by atoms with Crippen LogP contribution in [0.3, 0.4) is 0 Å². The number of Topliss-reactive ketones (excluding diaryl/α,β-unsaturated/α-hetero) is 1. The van der Waals surface area contributed by atoms with Gasteiger partial charge in [-0.25, -0.2) is 0 Å². The summed E-state index contributed by atoms with van der Waals surface area (Å²) >= 11 is 0. The Balaban J connectivity index is 0.00000200. The minimum Gasteiger partial charge on any atom is -0.406 e. The molecule has 0 aromatic heterocycles. The van der Waals surface area contributed by atoms with Crippen LogP contribution in [0.5, 0.6) is 5.75 Å². The first-order chi connectivity index (χ1) is 9.24. The molecular formula is C15H23ClN2O2. The van der Waals surface area contributed by atoms with E-state index in [1.807, 2.05) is 29.3 Å². The predicted molar refractivity (Wildman–Crippen MR) is 82.4 cm³/mol. The molecule has 1 saturated heterocycles. The first-order valence-electron chi connectivity index (χ1n) is 6.96. The quantitative estimate of drug-likeness (QED) is 0.905. The van der Waals surface area contributed by atoms with Gasteiger partial charge in [0.1, 0.15) is 11.5 Å². The standard InChI is InChI=1S/C15H22N2O2.ClH/c1-13(18)3-4-14-5-7-15(8-6-14)19-17-11-2-9-16-10-12-17;/h5-8,16H,2-4,9-12H2,1H3;1H. The van der Waals surface area contributed by atoms with E-state index < -0.39 is 0 Å². The molecule has 0 amide bonds. The van der Waals surface area contributed by atoms with Crippen molar-refractivity contribution in [1.82, 2.24) is 10.4 Å². The maximum Gasteiger partial charge on any atom is 0.147 e. The number of rotatable bonds is 5. The first kappa shape index (κ1) is 17.0. The summed E-state index contributed by atoms with van der Waals surface area (Å²) in [4.78, 5) is 16.8. The van der Waals surface area contributed by atoms with Gasteiger partial charge in [-0.3, -0.25) is 0 Å². The molecule has 1 N–H and O–H groups in total. The fraction of sp³-hybridized carbons (Fsp3) is 0.533. The summed E-state index contributed by atoms with van der Waals surface area (Å²) in [6.45, 7) is 5.52. The number of halogens is 1. The van der Waals surface area contributed by atoms with E-state index >= 15 is 0 Å². The Hall–Kier alpha value is -1.10. The SMILES string of the molecule is CC(=O)CCc1ccc(ON2CCCNCC2)cc1.Cl. The largest absolute Gasteiger partial charge is 0.406 e. The molecule has 2 rings (SSSR count). The van der Waals surface area contributed by atoms with Crippen LogP contribution in [0.4, 0.5) is 0 Å². The van der Waals surface area contributed by atoms with Crippen LogP contribution in [0.1, 0.15) is 25.3 Å². The number of hydrogen-bond acceptors (Lipinski definition) is 4. The van der Waals surface area contributed by atoms with E-state index in [9.17, 15) is 4.79 Å². The molecule has 1 fully saturated rings. The van der Waals surface area contributed by atoms with Crippen LogP contribution in [-0.2, 0) is 11.2 Å². The van der Waals surface area contributed by atoms with Gasteiger partial charge in [0, 0.05) is 26.1 Å². The van der Waals surface area contributed by atoms with E-state index in [1.165, 1.54) is 5.56 Å². The second-order valence-electron chi connectivity index (χ2n) is 4.97. The van der Waals surface area contributed by atoms with Crippen molar-refractivity contribution in [3.63, 3.8) is 0 Å². The van der Waals surface area contributed by atoms with Crippen LogP contribution < -0.4 is 10.2 Å². The number of benzene rings is 1. The van der Waals surface area contributed by atoms with Crippen molar-refractivity contribution < 1.29 is 9.63 Å². The average molecular weight is 299 g/mol. The van der Waals surface area contributed by atoms with E-state index in [0.717, 1.165) is 44.8 Å². The summed E-state index contributed by atoms with van der Waals surface area (Å²) in [6, 6.07) is 8.03. The molecule has 5 heteroatoms. The molecular weight excluding hydrogens is 276 g/mol. The molecule has 20 heavy (non-hydrogen) atoms. The monoisotopic (exact) mass is 298 g/mol. The van der Waals surface area contributed by atoms with Crippen LogP contribution in [0.15, 0.2) is 24.3 Å². The van der Waals surface area contributed by atoms with Crippen LogP contribution in [0, 0.1) is 0 Å². The van der Waals surface area contributed by atoms with Crippen molar-refractivity contribution in [2.45, 2.75) is 26.2 Å². The number of hydroxylamine groups is 2. The third-order valence-electron chi connectivity index (χ3n) is 3.22. The van der Waals surface area contributed by atoms with Crippen molar-refractivity contribution in [2.24, 2.45) is 0 Å². The number of nitrogens with one attached hydrogen (secondary N) is 1. The van der Waals surface area contributed by atoms with Gasteiger partial charge in [-0.05, 0) is 44.0 Å². The third-order valence-corrected chi connectivity index (χ3v) is 3.22. The Kier molecular flexibility index (Phi) is 7.59. The highest BCUT2D eigenvalue weighted by Crippen LogP contribution is 2.15. The lowest BCUT2D eigenvalue weighted by Crippen LogP contribution is -2.31. The normalized spacial score (nSPS) is 16.1. The zero-order valence-corrected chi connectivity index (χ0v) is 12.7. The highest BCUT2D eigenvalue weighted by Gasteiger charge is 2.10. The van der Waals surface area contributed by atoms with Crippen molar-refractivity contribution in [1.29, 1.82) is 0 Å². The maximum absolute atomic E-state index is 10.9. The van der Waals surface area contributed by atoms with E-state index in [1.54, 1.807) is 6.92 Å². The topological polar surface area (TPSA) is 41.6 Å². The molecule has 0 atom stereocenters. The molecule has 1 aliphatic heterocycles. The zero-order chi connectivity index (χ0) is 13.5. The Morgan fingerprint density at radius 1 is 1.25 bits per heavy atom. The molecule has 4 nitrogen and oxygen atoms in total. The van der Waals surface area contributed by atoms with Crippen LogP contribution in [0.25, 0.3) is 0 Å². The Bertz CT molecular complexity index is 401. The van der Waals surface area contributed by atoms with E-state index in [2.05, 4.69) is 5.32 Å². The van der Waals surface area contributed by atoms with Crippen molar-refractivity contribution in [3.8, 4) is 5.75 Å². The lowest BCUT2D eigenvalue weighted by molar-refractivity contribution is -0.116. The van der Waals surface area contributed by atoms with Crippen LogP contribution >= 0.6 is 12.4 Å². The molecule has 0 saturated carbocycles. The van der Waals surface area contributed by atoms with Gasteiger partial charge >= 0.3 is 0 Å². The van der Waals surface area contributed by atoms with E-state index in [4.69, 9.17) is 4.84 Å². The molecule has 0 bridgehead atoms. The minimum absolute atomic E-state index is 0. The number of ketones is 1. The molecule has 0 aliphatic carbocycles. The van der Waals surface area contributed by atoms with Gasteiger partial charge in [-0.1, -0.05) is 12.1 Å². The van der Waals surface area contributed by atoms with Crippen molar-refractivity contribution >= 4 is 18.2 Å². The van der Waals surface area contributed by atoms with Crippen LogP contribution in [-0.4, -0.2) is 37.0 Å². The van der Waals surface area contributed by atoms with Gasteiger partial charge < -0.3 is 14.9 Å². The molecule has 112 valence electrons. The Labute approximate surface area is 126 Å². The third kappa shape index (κ3) is 5.90. The van der Waals surface area contributed by atoms with Gasteiger partial charge in [0.15, 0.2) is 0 Å². The fourth-order valence-corrected chi connectivity index (χ4v) is 2.10. The highest BCUT2D eigenvalue weighted by molar-refractivity contribution is 5.85. The molecule has 1 heterocycles. The second-order valence-corrected chi connectivity index (χ2v) is 4.97. The summed E-state index contributed by atoms with van der Waals surface area (Å²) in [5.41, 5.74) is 1.18. The zero-order valence-electron chi connectivity index (χ0n) is 11.9. The van der Waals surface area contributed by atoms with Gasteiger partial charge in [-0.2, -0.15) is 0 Å². The molecule has 1 aromatic rings. The summed E-state index contributed by atoms with van der Waals surface area (Å²) < 4.78 is 0. The highest BCUT2D eigenvalue weighted by atomic mass is 35.5. The number of carbonyl (C=O) groups is 1. The summed E-state index contributed by atoms with van der Waals surface area (Å²) in [5.74, 6) is 1.10. The molecule has 0 unspecified atom stereocenters. The molecule has 0 spiro atoms. The summed E-state index contributed by atoms with van der Waals surface area (Å²) in [6.07, 6.45) is 2.53. The summed E-state index contributed by atoms with van der Waals surface area (Å²) in [7, 11) is 0. The maximum atomic E-state index is 10.9. The molecule has 0 radical (unpaired) electrons. The first-order valence-corrected chi connectivity index (χ1v) is 6.96. The lowest BCUT2D eigenvalue weighted by Gasteiger charge is -2.20. The number of carbonyl (C=O) groups excluding carboxylic acids is 1. The van der Waals surface area contributed by atoms with Gasteiger partial charge in [-0.15, -0.1) is 17.5 Å². The number of aryl methyl sites for hydroxylation is 1. The number of nitrogens with zero attached hydrogens (tertiary/aromatic N) is 1. The Morgan fingerprint density at radius 2 is 2.00 bits per heavy atom. The lowest BCUT2D eigenvalue weighted by atomic mass is 10.1. The number of hydrogen-bond donors (Lipinski definition) is 1. The van der Waals surface area contributed by atoms with Crippen molar-refractivity contribution in [2.75, 3.05) is 26.2 Å². The van der Waals surface area contributed by atoms with Crippen LogP contribution in [0.2, 0.25) is 0 Å². The van der Waals surface area contributed by atoms with Gasteiger partial charge in [0.2, 0.25) is 0 Å².